The standard InChI is InChI=1S/C24H31N5O3/c1-4-17-7-5-6-12-29(17)24-27-21-20(23(32)28-24)18(13-19(30)26-21)22(31)25-16-10-8-15(9-11-16)14(2)3/h8-11,14,17-18H,4-7,12-13H2,1-3H3,(H,25,31)(H2,26,27,28,30,32)/t17-,18+/m1/s1. The van der Waals surface area contributed by atoms with E-state index in [1.165, 1.54) is 5.56 Å². The smallest absolute Gasteiger partial charge is 0.258 e. The second-order valence-corrected chi connectivity index (χ2v) is 8.97. The average Bonchev–Trinajstić information content (AvgIpc) is 2.78. The number of anilines is 3. The van der Waals surface area contributed by atoms with Gasteiger partial charge in [0.05, 0.1) is 11.5 Å². The Morgan fingerprint density at radius 3 is 2.66 bits per heavy atom. The van der Waals surface area contributed by atoms with Crippen LogP contribution in [-0.2, 0) is 9.59 Å². The number of carbonyl (C=O) groups excluding carboxylic acids is 2. The zero-order chi connectivity index (χ0) is 22.8. The molecule has 0 bridgehead atoms. The molecule has 2 aliphatic heterocycles. The third-order valence-corrected chi connectivity index (χ3v) is 6.47. The number of nitrogens with zero attached hydrogens (tertiary/aromatic N) is 2. The Hall–Kier alpha value is -3.16. The molecule has 3 heterocycles. The van der Waals surface area contributed by atoms with E-state index in [0.717, 1.165) is 32.2 Å². The quantitative estimate of drug-likeness (QED) is 0.661. The number of nitrogens with one attached hydrogen (secondary N) is 3. The van der Waals surface area contributed by atoms with Gasteiger partial charge in [0.25, 0.3) is 5.56 Å². The highest BCUT2D eigenvalue weighted by molar-refractivity contribution is 6.04. The van der Waals surface area contributed by atoms with E-state index in [0.29, 0.717) is 23.6 Å². The van der Waals surface area contributed by atoms with Crippen molar-refractivity contribution in [2.24, 2.45) is 0 Å². The molecule has 2 amide bonds. The van der Waals surface area contributed by atoms with Crippen LogP contribution in [0.15, 0.2) is 29.1 Å². The first kappa shape index (κ1) is 22.0. The number of benzene rings is 1. The van der Waals surface area contributed by atoms with E-state index in [2.05, 4.69) is 46.3 Å². The number of aromatic amines is 1. The van der Waals surface area contributed by atoms with Gasteiger partial charge in [0.1, 0.15) is 5.82 Å². The summed E-state index contributed by atoms with van der Waals surface area (Å²) in [6.45, 7) is 7.14. The molecule has 0 spiro atoms. The van der Waals surface area contributed by atoms with Gasteiger partial charge in [-0.1, -0.05) is 32.9 Å². The van der Waals surface area contributed by atoms with Gasteiger partial charge >= 0.3 is 0 Å². The average molecular weight is 438 g/mol. The molecule has 2 aliphatic rings. The zero-order valence-corrected chi connectivity index (χ0v) is 18.9. The Bertz CT molecular complexity index is 1060. The van der Waals surface area contributed by atoms with Gasteiger partial charge < -0.3 is 15.5 Å². The lowest BCUT2D eigenvalue weighted by Gasteiger charge is -2.36. The molecule has 4 rings (SSSR count). The maximum absolute atomic E-state index is 13.1. The lowest BCUT2D eigenvalue weighted by Crippen LogP contribution is -2.43. The van der Waals surface area contributed by atoms with Crippen LogP contribution in [0.2, 0.25) is 0 Å². The summed E-state index contributed by atoms with van der Waals surface area (Å²) in [5.41, 5.74) is 1.64. The summed E-state index contributed by atoms with van der Waals surface area (Å²) in [4.78, 5) is 48.1. The molecule has 8 heteroatoms. The maximum atomic E-state index is 13.1. The summed E-state index contributed by atoms with van der Waals surface area (Å²) in [6.07, 6.45) is 4.10. The van der Waals surface area contributed by atoms with Gasteiger partial charge in [0, 0.05) is 24.7 Å². The summed E-state index contributed by atoms with van der Waals surface area (Å²) in [5.74, 6) is -0.552. The molecule has 0 radical (unpaired) electrons. The van der Waals surface area contributed by atoms with Crippen LogP contribution in [0, 0.1) is 0 Å². The SMILES string of the molecule is CC[C@@H]1CCCCN1c1nc2c(c(=O)[nH]1)[C@@H](C(=O)Nc1ccc(C(C)C)cc1)CC(=O)N2. The molecular weight excluding hydrogens is 406 g/mol. The molecule has 170 valence electrons. The molecule has 1 aromatic carbocycles. The van der Waals surface area contributed by atoms with Crippen LogP contribution < -0.4 is 21.1 Å². The minimum Gasteiger partial charge on any atom is -0.339 e. The summed E-state index contributed by atoms with van der Waals surface area (Å²) in [6, 6.07) is 7.90. The van der Waals surface area contributed by atoms with Crippen molar-refractivity contribution in [3.8, 4) is 0 Å². The lowest BCUT2D eigenvalue weighted by molar-refractivity contribution is -0.123. The van der Waals surface area contributed by atoms with Crippen molar-refractivity contribution in [1.29, 1.82) is 0 Å². The number of aromatic nitrogens is 2. The number of H-pyrrole nitrogens is 1. The minimum atomic E-state index is -0.892. The molecule has 0 unspecified atom stereocenters. The zero-order valence-electron chi connectivity index (χ0n) is 18.9. The normalized spacial score (nSPS) is 20.6. The third-order valence-electron chi connectivity index (χ3n) is 6.47. The highest BCUT2D eigenvalue weighted by Gasteiger charge is 2.35. The van der Waals surface area contributed by atoms with Crippen LogP contribution in [0.3, 0.4) is 0 Å². The van der Waals surface area contributed by atoms with Crippen LogP contribution in [0.5, 0.6) is 0 Å². The van der Waals surface area contributed by atoms with Crippen molar-refractivity contribution in [1.82, 2.24) is 9.97 Å². The monoisotopic (exact) mass is 437 g/mol. The Balaban J connectivity index is 1.61. The molecular formula is C24H31N5O3. The summed E-state index contributed by atoms with van der Waals surface area (Å²) < 4.78 is 0. The fourth-order valence-corrected chi connectivity index (χ4v) is 4.60. The molecule has 0 saturated carbocycles. The van der Waals surface area contributed by atoms with Gasteiger partial charge in [-0.2, -0.15) is 4.98 Å². The van der Waals surface area contributed by atoms with Crippen molar-refractivity contribution in [3.05, 3.63) is 45.7 Å². The minimum absolute atomic E-state index is 0.0890. The Morgan fingerprint density at radius 1 is 1.22 bits per heavy atom. The number of carbonyl (C=O) groups is 2. The Kier molecular flexibility index (Phi) is 6.30. The fraction of sp³-hybridized carbons (Fsp3) is 0.500. The largest absolute Gasteiger partial charge is 0.339 e. The van der Waals surface area contributed by atoms with Crippen molar-refractivity contribution in [3.63, 3.8) is 0 Å². The van der Waals surface area contributed by atoms with Crippen molar-refractivity contribution >= 4 is 29.3 Å². The molecule has 0 aliphatic carbocycles. The third kappa shape index (κ3) is 4.40. The van der Waals surface area contributed by atoms with E-state index >= 15 is 0 Å². The van der Waals surface area contributed by atoms with Crippen LogP contribution in [0.4, 0.5) is 17.5 Å². The highest BCUT2D eigenvalue weighted by atomic mass is 16.2. The van der Waals surface area contributed by atoms with E-state index in [9.17, 15) is 14.4 Å². The van der Waals surface area contributed by atoms with Gasteiger partial charge in [0.15, 0.2) is 0 Å². The van der Waals surface area contributed by atoms with Gasteiger partial charge in [-0.15, -0.1) is 0 Å². The molecule has 32 heavy (non-hydrogen) atoms. The molecule has 1 aromatic heterocycles. The van der Waals surface area contributed by atoms with Gasteiger partial charge in [-0.3, -0.25) is 19.4 Å². The highest BCUT2D eigenvalue weighted by Crippen LogP contribution is 2.32. The molecule has 2 atom stereocenters. The van der Waals surface area contributed by atoms with E-state index < -0.39 is 5.92 Å². The van der Waals surface area contributed by atoms with E-state index in [-0.39, 0.29) is 35.2 Å². The second kappa shape index (κ2) is 9.14. The van der Waals surface area contributed by atoms with Crippen LogP contribution >= 0.6 is 0 Å². The predicted molar refractivity (Wildman–Crippen MR) is 125 cm³/mol. The summed E-state index contributed by atoms with van der Waals surface area (Å²) >= 11 is 0. The number of hydrogen-bond donors (Lipinski definition) is 3. The molecule has 1 saturated heterocycles. The van der Waals surface area contributed by atoms with E-state index in [1.807, 2.05) is 24.3 Å². The number of rotatable bonds is 5. The van der Waals surface area contributed by atoms with Crippen molar-refractivity contribution in [2.75, 3.05) is 22.1 Å². The number of amides is 2. The first-order valence-corrected chi connectivity index (χ1v) is 11.5. The predicted octanol–water partition coefficient (Wildman–Crippen LogP) is 3.73. The van der Waals surface area contributed by atoms with Gasteiger partial charge in [0.2, 0.25) is 17.8 Å². The van der Waals surface area contributed by atoms with Crippen LogP contribution in [-0.4, -0.2) is 34.4 Å². The molecule has 3 N–H and O–H groups in total. The molecule has 8 nitrogen and oxygen atoms in total. The maximum Gasteiger partial charge on any atom is 0.258 e. The van der Waals surface area contributed by atoms with E-state index in [1.54, 1.807) is 0 Å². The Morgan fingerprint density at radius 2 is 1.97 bits per heavy atom. The molecule has 2 aromatic rings. The number of hydrogen-bond acceptors (Lipinski definition) is 5. The number of piperidine rings is 1. The van der Waals surface area contributed by atoms with Crippen LogP contribution in [0.1, 0.15) is 75.8 Å². The fourth-order valence-electron chi connectivity index (χ4n) is 4.60. The van der Waals surface area contributed by atoms with Crippen molar-refractivity contribution in [2.45, 2.75) is 70.8 Å². The lowest BCUT2D eigenvalue weighted by atomic mass is 9.92. The number of fused-ring (bicyclic) bond motifs is 1. The van der Waals surface area contributed by atoms with Gasteiger partial charge in [-0.05, 0) is 49.3 Å². The topological polar surface area (TPSA) is 107 Å². The first-order valence-electron chi connectivity index (χ1n) is 11.5. The summed E-state index contributed by atoms with van der Waals surface area (Å²) in [5, 5.41) is 5.56. The molecule has 1 fully saturated rings. The second-order valence-electron chi connectivity index (χ2n) is 8.97. The first-order chi connectivity index (χ1) is 15.4. The Labute approximate surface area is 187 Å². The van der Waals surface area contributed by atoms with E-state index in [4.69, 9.17) is 0 Å². The van der Waals surface area contributed by atoms with Gasteiger partial charge in [-0.25, -0.2) is 0 Å². The summed E-state index contributed by atoms with van der Waals surface area (Å²) in [7, 11) is 0. The van der Waals surface area contributed by atoms with Crippen molar-refractivity contribution < 1.29 is 9.59 Å². The van der Waals surface area contributed by atoms with Crippen LogP contribution in [0.25, 0.3) is 0 Å².